The third-order valence-electron chi connectivity index (χ3n) is 3.43. The van der Waals surface area contributed by atoms with Gasteiger partial charge in [-0.05, 0) is 34.9 Å². The lowest BCUT2D eigenvalue weighted by atomic mass is 9.84. The minimum atomic E-state index is 0.0717. The van der Waals surface area contributed by atoms with Crippen LogP contribution in [0.25, 0.3) is 0 Å². The summed E-state index contributed by atoms with van der Waals surface area (Å²) in [6.07, 6.45) is 1.94. The van der Waals surface area contributed by atoms with E-state index in [1.165, 1.54) is 11.1 Å². The summed E-state index contributed by atoms with van der Waals surface area (Å²) in [5, 5.41) is 9.29. The lowest BCUT2D eigenvalue weighted by Crippen LogP contribution is -2.14. The maximum absolute atomic E-state index is 9.29. The Hall–Kier alpha value is -1.02. The minimum absolute atomic E-state index is 0.0717. The van der Waals surface area contributed by atoms with Gasteiger partial charge in [0.1, 0.15) is 5.75 Å². The highest BCUT2D eigenvalue weighted by atomic mass is 16.5. The third-order valence-corrected chi connectivity index (χ3v) is 3.43. The fourth-order valence-electron chi connectivity index (χ4n) is 2.14. The molecule has 0 amide bonds. The van der Waals surface area contributed by atoms with E-state index in [0.717, 1.165) is 18.6 Å². The lowest BCUT2D eigenvalue weighted by molar-refractivity contribution is 0.222. The van der Waals surface area contributed by atoms with Gasteiger partial charge in [-0.1, -0.05) is 46.2 Å². The molecule has 0 saturated carbocycles. The number of hydrogen-bond acceptors (Lipinski definition) is 2. The molecule has 1 atom stereocenters. The molecule has 102 valence electrons. The second kappa shape index (κ2) is 6.24. The van der Waals surface area contributed by atoms with Crippen molar-refractivity contribution in [1.82, 2.24) is 0 Å². The Morgan fingerprint density at radius 2 is 1.94 bits per heavy atom. The molecule has 0 heterocycles. The van der Waals surface area contributed by atoms with E-state index in [1.54, 1.807) is 7.11 Å². The number of hydrogen-bond donors (Lipinski definition) is 1. The van der Waals surface area contributed by atoms with Gasteiger partial charge in [-0.15, -0.1) is 0 Å². The van der Waals surface area contributed by atoms with Crippen molar-refractivity contribution in [1.29, 1.82) is 0 Å². The van der Waals surface area contributed by atoms with Crippen molar-refractivity contribution in [2.75, 3.05) is 13.7 Å². The molecule has 2 heteroatoms. The summed E-state index contributed by atoms with van der Waals surface area (Å²) >= 11 is 0. The molecule has 1 rings (SSSR count). The van der Waals surface area contributed by atoms with Crippen molar-refractivity contribution < 1.29 is 9.84 Å². The summed E-state index contributed by atoms with van der Waals surface area (Å²) in [5.41, 5.74) is 2.58. The largest absolute Gasteiger partial charge is 0.496 e. The maximum Gasteiger partial charge on any atom is 0.122 e. The van der Waals surface area contributed by atoms with Crippen LogP contribution in [0.15, 0.2) is 18.2 Å². The van der Waals surface area contributed by atoms with E-state index in [9.17, 15) is 5.11 Å². The number of rotatable bonds is 5. The number of benzene rings is 1. The normalized spacial score (nSPS) is 13.4. The van der Waals surface area contributed by atoms with Crippen molar-refractivity contribution in [3.8, 4) is 5.75 Å². The van der Waals surface area contributed by atoms with Gasteiger partial charge in [0.25, 0.3) is 0 Å². The SMILES string of the molecule is CCC(CO)Cc1ccc(OC)c(C(C)(C)C)c1. The van der Waals surface area contributed by atoms with Crippen LogP contribution < -0.4 is 4.74 Å². The topological polar surface area (TPSA) is 29.5 Å². The first kappa shape index (κ1) is 15.0. The molecular weight excluding hydrogens is 224 g/mol. The molecule has 1 unspecified atom stereocenters. The molecule has 0 aliphatic carbocycles. The van der Waals surface area contributed by atoms with Gasteiger partial charge in [-0.2, -0.15) is 0 Å². The average Bonchev–Trinajstić information content (AvgIpc) is 2.34. The molecule has 0 spiro atoms. The van der Waals surface area contributed by atoms with E-state index < -0.39 is 0 Å². The minimum Gasteiger partial charge on any atom is -0.496 e. The van der Waals surface area contributed by atoms with Gasteiger partial charge >= 0.3 is 0 Å². The second-order valence-electron chi connectivity index (χ2n) is 5.95. The van der Waals surface area contributed by atoms with Crippen LogP contribution >= 0.6 is 0 Å². The number of methoxy groups -OCH3 is 1. The van der Waals surface area contributed by atoms with Crippen molar-refractivity contribution >= 4 is 0 Å². The molecule has 0 aromatic heterocycles. The quantitative estimate of drug-likeness (QED) is 0.866. The Morgan fingerprint density at radius 1 is 1.28 bits per heavy atom. The van der Waals surface area contributed by atoms with Crippen LogP contribution in [0.4, 0.5) is 0 Å². The first-order valence-electron chi connectivity index (χ1n) is 6.70. The highest BCUT2D eigenvalue weighted by Gasteiger charge is 2.19. The van der Waals surface area contributed by atoms with Crippen LogP contribution in [0.3, 0.4) is 0 Å². The predicted octanol–water partition coefficient (Wildman–Crippen LogP) is 3.55. The fourth-order valence-corrected chi connectivity index (χ4v) is 2.14. The standard InChI is InChI=1S/C16H26O2/c1-6-12(11-17)9-13-7-8-15(18-5)14(10-13)16(2,3)4/h7-8,10,12,17H,6,9,11H2,1-5H3. The summed E-state index contributed by atoms with van der Waals surface area (Å²) in [6.45, 7) is 8.95. The molecule has 1 aromatic rings. The molecule has 0 bridgehead atoms. The summed E-state index contributed by atoms with van der Waals surface area (Å²) in [7, 11) is 1.72. The maximum atomic E-state index is 9.29. The highest BCUT2D eigenvalue weighted by molar-refractivity contribution is 5.41. The van der Waals surface area contributed by atoms with E-state index in [2.05, 4.69) is 39.8 Å². The molecule has 0 fully saturated rings. The summed E-state index contributed by atoms with van der Waals surface area (Å²) in [4.78, 5) is 0. The van der Waals surface area contributed by atoms with Gasteiger partial charge in [0, 0.05) is 6.61 Å². The summed E-state index contributed by atoms with van der Waals surface area (Å²) in [5.74, 6) is 1.30. The zero-order valence-electron chi connectivity index (χ0n) is 12.3. The Labute approximate surface area is 111 Å². The van der Waals surface area contributed by atoms with Crippen LogP contribution in [-0.2, 0) is 11.8 Å². The van der Waals surface area contributed by atoms with Gasteiger partial charge in [0.15, 0.2) is 0 Å². The average molecular weight is 250 g/mol. The van der Waals surface area contributed by atoms with Gasteiger partial charge in [0.2, 0.25) is 0 Å². The molecule has 0 aliphatic rings. The van der Waals surface area contributed by atoms with Crippen molar-refractivity contribution in [3.05, 3.63) is 29.3 Å². The molecule has 0 radical (unpaired) electrons. The Kier molecular flexibility index (Phi) is 5.21. The van der Waals surface area contributed by atoms with E-state index in [4.69, 9.17) is 4.74 Å². The third kappa shape index (κ3) is 3.74. The van der Waals surface area contributed by atoms with Crippen LogP contribution in [0.5, 0.6) is 5.75 Å². The predicted molar refractivity (Wildman–Crippen MR) is 76.3 cm³/mol. The smallest absolute Gasteiger partial charge is 0.122 e. The van der Waals surface area contributed by atoms with Crippen LogP contribution in [0.1, 0.15) is 45.2 Å². The van der Waals surface area contributed by atoms with Gasteiger partial charge in [-0.25, -0.2) is 0 Å². The molecule has 18 heavy (non-hydrogen) atoms. The van der Waals surface area contributed by atoms with Gasteiger partial charge < -0.3 is 9.84 Å². The zero-order valence-corrected chi connectivity index (χ0v) is 12.3. The summed E-state index contributed by atoms with van der Waals surface area (Å²) in [6, 6.07) is 6.36. The molecular formula is C16H26O2. The monoisotopic (exact) mass is 250 g/mol. The van der Waals surface area contributed by atoms with Crippen molar-refractivity contribution in [2.45, 2.75) is 46.0 Å². The van der Waals surface area contributed by atoms with Gasteiger partial charge in [-0.3, -0.25) is 0 Å². The van der Waals surface area contributed by atoms with E-state index in [-0.39, 0.29) is 12.0 Å². The Balaban J connectivity index is 3.03. The fraction of sp³-hybridized carbons (Fsp3) is 0.625. The van der Waals surface area contributed by atoms with Crippen molar-refractivity contribution in [3.63, 3.8) is 0 Å². The first-order chi connectivity index (χ1) is 8.42. The number of ether oxygens (including phenoxy) is 1. The zero-order chi connectivity index (χ0) is 13.8. The first-order valence-corrected chi connectivity index (χ1v) is 6.70. The number of aliphatic hydroxyl groups is 1. The lowest BCUT2D eigenvalue weighted by Gasteiger charge is -2.23. The second-order valence-corrected chi connectivity index (χ2v) is 5.95. The molecule has 0 saturated heterocycles. The molecule has 2 nitrogen and oxygen atoms in total. The van der Waals surface area contributed by atoms with Crippen LogP contribution in [-0.4, -0.2) is 18.8 Å². The van der Waals surface area contributed by atoms with Gasteiger partial charge in [0.05, 0.1) is 7.11 Å². The van der Waals surface area contributed by atoms with E-state index in [1.807, 2.05) is 6.07 Å². The van der Waals surface area contributed by atoms with Crippen molar-refractivity contribution in [2.24, 2.45) is 5.92 Å². The van der Waals surface area contributed by atoms with E-state index >= 15 is 0 Å². The highest BCUT2D eigenvalue weighted by Crippen LogP contribution is 2.32. The van der Waals surface area contributed by atoms with E-state index in [0.29, 0.717) is 5.92 Å². The van der Waals surface area contributed by atoms with Crippen LogP contribution in [0.2, 0.25) is 0 Å². The summed E-state index contributed by atoms with van der Waals surface area (Å²) < 4.78 is 5.44. The Bertz CT molecular complexity index is 373. The Morgan fingerprint density at radius 3 is 2.39 bits per heavy atom. The number of aliphatic hydroxyl groups excluding tert-OH is 1. The van der Waals surface area contributed by atoms with Crippen LogP contribution in [0, 0.1) is 5.92 Å². The molecule has 1 aromatic carbocycles. The molecule has 0 aliphatic heterocycles. The molecule has 1 N–H and O–H groups in total.